The van der Waals surface area contributed by atoms with E-state index in [4.69, 9.17) is 9.94 Å². The summed E-state index contributed by atoms with van der Waals surface area (Å²) >= 11 is 0. The summed E-state index contributed by atoms with van der Waals surface area (Å²) < 4.78 is 35.2. The zero-order valence-electron chi connectivity index (χ0n) is 23.0. The number of hydrogen-bond acceptors (Lipinski definition) is 8. The Morgan fingerprint density at radius 3 is 2.39 bits per heavy atom. The van der Waals surface area contributed by atoms with Crippen LogP contribution < -0.4 is 14.9 Å². The predicted molar refractivity (Wildman–Crippen MR) is 151 cm³/mol. The molecule has 12 nitrogen and oxygen atoms in total. The number of amides is 3. The summed E-state index contributed by atoms with van der Waals surface area (Å²) in [6.45, 7) is 4.87. The van der Waals surface area contributed by atoms with E-state index in [2.05, 4.69) is 14.6 Å². The van der Waals surface area contributed by atoms with Crippen molar-refractivity contribution in [3.8, 4) is 5.75 Å². The number of piperazine rings is 1. The third-order valence-electron chi connectivity index (χ3n) is 7.46. The summed E-state index contributed by atoms with van der Waals surface area (Å²) in [5.74, 6) is -0.258. The third-order valence-corrected chi connectivity index (χ3v) is 9.06. The fourth-order valence-corrected chi connectivity index (χ4v) is 6.69. The lowest BCUT2D eigenvalue weighted by Crippen LogP contribution is -2.73. The number of urea groups is 1. The van der Waals surface area contributed by atoms with Gasteiger partial charge in [-0.2, -0.15) is 0 Å². The molecule has 0 saturated carbocycles. The number of aryl methyl sites for hydroxylation is 1. The molecule has 5 rings (SSSR count). The highest BCUT2D eigenvalue weighted by atomic mass is 32.2. The molecule has 0 spiro atoms. The monoisotopic (exact) mass is 582 g/mol. The average molecular weight is 583 g/mol. The van der Waals surface area contributed by atoms with Crippen molar-refractivity contribution in [2.75, 3.05) is 46.3 Å². The Morgan fingerprint density at radius 1 is 1.02 bits per heavy atom. The molecular formula is C28H34N6O6S. The van der Waals surface area contributed by atoms with Crippen LogP contribution in [0.5, 0.6) is 5.75 Å². The van der Waals surface area contributed by atoms with E-state index in [1.165, 1.54) is 17.0 Å². The Bertz CT molecular complexity index is 1530. The number of aromatic nitrogens is 1. The molecule has 3 N–H and O–H groups in total. The number of carbonyl (C=O) groups is 2. The molecular weight excluding hydrogens is 548 g/mol. The smallest absolute Gasteiger partial charge is 0.320 e. The number of rotatable bonds is 8. The van der Waals surface area contributed by atoms with Crippen LogP contribution in [0.4, 0.5) is 4.79 Å². The first-order chi connectivity index (χ1) is 19.6. The number of nitrogens with one attached hydrogen (secondary N) is 2. The van der Waals surface area contributed by atoms with Gasteiger partial charge in [0.25, 0.3) is 0 Å². The lowest BCUT2D eigenvalue weighted by atomic mass is 9.87. The molecule has 2 aliphatic heterocycles. The zero-order chi connectivity index (χ0) is 29.2. The van der Waals surface area contributed by atoms with Crippen molar-refractivity contribution in [2.24, 2.45) is 0 Å². The number of benzene rings is 2. The standard InChI is InChI=1S/C28H34N6O6S/c1-20-15-21(24-5-3-4-6-25(24)29-20)17-40-22-7-9-23(10-8-22)41(38,39)31-28(16-26(35)30-37)18-34(19-28)27(36)33-13-11-32(2)12-14-33/h3-10,15,31,37H,11-14,16-19H2,1-2H3,(H,30,35). The summed E-state index contributed by atoms with van der Waals surface area (Å²) in [5, 5.41) is 10.1. The van der Waals surface area contributed by atoms with Crippen molar-refractivity contribution in [1.29, 1.82) is 0 Å². The van der Waals surface area contributed by atoms with Crippen LogP contribution in [-0.2, 0) is 21.4 Å². The number of pyridine rings is 1. The van der Waals surface area contributed by atoms with Gasteiger partial charge >= 0.3 is 6.03 Å². The third kappa shape index (κ3) is 6.43. The Morgan fingerprint density at radius 2 is 1.71 bits per heavy atom. The summed E-state index contributed by atoms with van der Waals surface area (Å²) in [5.41, 5.74) is 3.04. The molecule has 0 bridgehead atoms. The highest BCUT2D eigenvalue weighted by Gasteiger charge is 2.50. The first kappa shape index (κ1) is 28.7. The summed E-state index contributed by atoms with van der Waals surface area (Å²) in [7, 11) is -2.08. The summed E-state index contributed by atoms with van der Waals surface area (Å²) in [6.07, 6.45) is -0.324. The number of para-hydroxylation sites is 1. The topological polar surface area (TPSA) is 144 Å². The van der Waals surface area contributed by atoms with E-state index in [1.54, 1.807) is 22.5 Å². The van der Waals surface area contributed by atoms with Crippen LogP contribution in [0.2, 0.25) is 0 Å². The highest BCUT2D eigenvalue weighted by molar-refractivity contribution is 7.89. The van der Waals surface area contributed by atoms with Crippen molar-refractivity contribution in [2.45, 2.75) is 30.4 Å². The maximum Gasteiger partial charge on any atom is 0.320 e. The van der Waals surface area contributed by atoms with Gasteiger partial charge < -0.3 is 19.4 Å². The average Bonchev–Trinajstić information content (AvgIpc) is 2.94. The number of hydroxylamine groups is 1. The maximum absolute atomic E-state index is 13.3. The van der Waals surface area contributed by atoms with Gasteiger partial charge in [0.05, 0.1) is 22.4 Å². The van der Waals surface area contributed by atoms with Crippen molar-refractivity contribution < 1.29 is 28.0 Å². The Balaban J connectivity index is 1.25. The number of likely N-dealkylation sites (N-methyl/N-ethyl adjacent to an activating group) is 1. The first-order valence-electron chi connectivity index (χ1n) is 13.3. The Hall–Kier alpha value is -3.78. The quantitative estimate of drug-likeness (QED) is 0.269. The van der Waals surface area contributed by atoms with E-state index in [-0.39, 0.29) is 37.0 Å². The van der Waals surface area contributed by atoms with Gasteiger partial charge in [-0.05, 0) is 50.4 Å². The Labute approximate surface area is 238 Å². The van der Waals surface area contributed by atoms with Crippen LogP contribution in [0.25, 0.3) is 10.9 Å². The van der Waals surface area contributed by atoms with Gasteiger partial charge in [0.1, 0.15) is 12.4 Å². The van der Waals surface area contributed by atoms with E-state index in [1.807, 2.05) is 44.3 Å². The summed E-state index contributed by atoms with van der Waals surface area (Å²) in [4.78, 5) is 34.9. The first-order valence-corrected chi connectivity index (χ1v) is 14.8. The van der Waals surface area contributed by atoms with Crippen molar-refractivity contribution in [3.63, 3.8) is 0 Å². The minimum absolute atomic E-state index is 0.00528. The Kier molecular flexibility index (Phi) is 8.13. The molecule has 1 aromatic heterocycles. The summed E-state index contributed by atoms with van der Waals surface area (Å²) in [6, 6.07) is 15.6. The number of ether oxygens (including phenoxy) is 1. The van der Waals surface area contributed by atoms with Gasteiger partial charge in [-0.15, -0.1) is 0 Å². The normalized spacial score (nSPS) is 17.2. The molecule has 0 radical (unpaired) electrons. The molecule has 2 aromatic carbocycles. The molecule has 41 heavy (non-hydrogen) atoms. The van der Waals surface area contributed by atoms with Crippen LogP contribution >= 0.6 is 0 Å². The SMILES string of the molecule is Cc1cc(COc2ccc(S(=O)(=O)NC3(CC(=O)NO)CN(C(=O)N4CCN(C)CC4)C3)cc2)c2ccccc2n1. The molecule has 3 aromatic rings. The number of carbonyl (C=O) groups excluding carboxylic acids is 2. The van der Waals surface area contributed by atoms with Crippen molar-refractivity contribution >= 4 is 32.9 Å². The van der Waals surface area contributed by atoms with Crippen LogP contribution in [0.3, 0.4) is 0 Å². The maximum atomic E-state index is 13.3. The predicted octanol–water partition coefficient (Wildman–Crippen LogP) is 1.72. The van der Waals surface area contributed by atoms with Crippen LogP contribution in [0.1, 0.15) is 17.7 Å². The van der Waals surface area contributed by atoms with Crippen molar-refractivity contribution in [3.05, 3.63) is 65.9 Å². The van der Waals surface area contributed by atoms with Gasteiger partial charge in [0.15, 0.2) is 0 Å². The highest BCUT2D eigenvalue weighted by Crippen LogP contribution is 2.29. The van der Waals surface area contributed by atoms with Crippen LogP contribution in [0.15, 0.2) is 59.5 Å². The molecule has 2 fully saturated rings. The zero-order valence-corrected chi connectivity index (χ0v) is 23.9. The second kappa shape index (κ2) is 11.6. The number of sulfonamides is 1. The number of likely N-dealkylation sites (tertiary alicyclic amines) is 1. The molecule has 3 amide bonds. The van der Waals surface area contributed by atoms with Crippen LogP contribution in [0, 0.1) is 6.92 Å². The van der Waals surface area contributed by atoms with E-state index >= 15 is 0 Å². The lowest BCUT2D eigenvalue weighted by molar-refractivity contribution is -0.132. The van der Waals surface area contributed by atoms with Gasteiger partial charge in [-0.3, -0.25) is 15.0 Å². The number of hydrogen-bond donors (Lipinski definition) is 3. The number of nitrogens with zero attached hydrogens (tertiary/aromatic N) is 4. The minimum Gasteiger partial charge on any atom is -0.489 e. The van der Waals surface area contributed by atoms with Gasteiger partial charge in [-0.1, -0.05) is 18.2 Å². The molecule has 2 saturated heterocycles. The largest absolute Gasteiger partial charge is 0.489 e. The van der Waals surface area contributed by atoms with E-state index < -0.39 is 21.5 Å². The fourth-order valence-electron chi connectivity index (χ4n) is 5.31. The van der Waals surface area contributed by atoms with Crippen molar-refractivity contribution in [1.82, 2.24) is 29.9 Å². The van der Waals surface area contributed by atoms with E-state index in [9.17, 15) is 18.0 Å². The molecule has 0 aliphatic carbocycles. The van der Waals surface area contributed by atoms with E-state index in [0.717, 1.165) is 35.2 Å². The molecule has 0 unspecified atom stereocenters. The molecule has 218 valence electrons. The molecule has 3 heterocycles. The molecule has 0 atom stereocenters. The molecule has 13 heteroatoms. The number of fused-ring (bicyclic) bond motifs is 1. The second-order valence-corrected chi connectivity index (χ2v) is 12.4. The van der Waals surface area contributed by atoms with Crippen LogP contribution in [-0.4, -0.2) is 97.1 Å². The fraction of sp³-hybridized carbons (Fsp3) is 0.393. The second-order valence-electron chi connectivity index (χ2n) is 10.7. The van der Waals surface area contributed by atoms with Gasteiger partial charge in [-0.25, -0.2) is 23.4 Å². The van der Waals surface area contributed by atoms with Gasteiger partial charge in [0.2, 0.25) is 15.9 Å². The lowest BCUT2D eigenvalue weighted by Gasteiger charge is -2.51. The molecule has 2 aliphatic rings. The van der Waals surface area contributed by atoms with Gasteiger partial charge in [0, 0.05) is 55.9 Å². The van der Waals surface area contributed by atoms with E-state index in [0.29, 0.717) is 18.8 Å². The minimum atomic E-state index is -4.07.